The standard InChI is InChI=1S/C17H21N3O3/c1-5-23-17(2,3)16(21)15(20-12-18-11-19-20)10-13-6-8-14(22-4)9-7-13/h6-12H,5H2,1-4H3. The smallest absolute Gasteiger partial charge is 0.212 e. The first-order valence-electron chi connectivity index (χ1n) is 7.37. The summed E-state index contributed by atoms with van der Waals surface area (Å²) in [4.78, 5) is 16.8. The highest BCUT2D eigenvalue weighted by Crippen LogP contribution is 2.22. The lowest BCUT2D eigenvalue weighted by Crippen LogP contribution is -2.37. The minimum Gasteiger partial charge on any atom is -0.497 e. The molecule has 0 atom stereocenters. The molecular weight excluding hydrogens is 294 g/mol. The van der Waals surface area contributed by atoms with Crippen LogP contribution < -0.4 is 4.74 Å². The number of ether oxygens (including phenoxy) is 2. The molecule has 6 nitrogen and oxygen atoms in total. The van der Waals surface area contributed by atoms with Crippen molar-refractivity contribution in [1.82, 2.24) is 14.8 Å². The van der Waals surface area contributed by atoms with Gasteiger partial charge in [-0.15, -0.1) is 0 Å². The zero-order valence-electron chi connectivity index (χ0n) is 13.8. The van der Waals surface area contributed by atoms with Crippen molar-refractivity contribution in [3.63, 3.8) is 0 Å². The third-order valence-corrected chi connectivity index (χ3v) is 3.37. The van der Waals surface area contributed by atoms with Crippen molar-refractivity contribution in [3.8, 4) is 5.75 Å². The molecule has 0 aliphatic heterocycles. The van der Waals surface area contributed by atoms with Gasteiger partial charge in [0.1, 0.15) is 29.7 Å². The maximum atomic E-state index is 12.9. The van der Waals surface area contributed by atoms with E-state index < -0.39 is 5.60 Å². The van der Waals surface area contributed by atoms with Gasteiger partial charge in [-0.2, -0.15) is 5.10 Å². The number of benzene rings is 1. The SMILES string of the molecule is CCOC(C)(C)C(=O)C(=Cc1ccc(OC)cc1)n1cncn1. The van der Waals surface area contributed by atoms with Crippen molar-refractivity contribution in [3.05, 3.63) is 42.5 Å². The van der Waals surface area contributed by atoms with E-state index in [0.717, 1.165) is 11.3 Å². The maximum absolute atomic E-state index is 12.9. The van der Waals surface area contributed by atoms with Gasteiger partial charge in [0.2, 0.25) is 5.78 Å². The molecule has 6 heteroatoms. The fourth-order valence-corrected chi connectivity index (χ4v) is 2.16. The minimum absolute atomic E-state index is 0.166. The van der Waals surface area contributed by atoms with Crippen LogP contribution in [0.5, 0.6) is 5.75 Å². The van der Waals surface area contributed by atoms with Crippen LogP contribution >= 0.6 is 0 Å². The summed E-state index contributed by atoms with van der Waals surface area (Å²) in [5.74, 6) is 0.589. The lowest BCUT2D eigenvalue weighted by molar-refractivity contribution is -0.133. The second kappa shape index (κ2) is 7.19. The molecule has 2 aromatic rings. The fourth-order valence-electron chi connectivity index (χ4n) is 2.16. The summed E-state index contributed by atoms with van der Waals surface area (Å²) in [5.41, 5.74) is 0.307. The molecule has 0 radical (unpaired) electrons. The van der Waals surface area contributed by atoms with Crippen LogP contribution in [0.15, 0.2) is 36.9 Å². The number of methoxy groups -OCH3 is 1. The highest BCUT2D eigenvalue weighted by Gasteiger charge is 2.32. The molecule has 2 rings (SSSR count). The number of Topliss-reactive ketones (excluding diaryl/α,β-unsaturated/α-hetero) is 1. The number of hydrogen-bond acceptors (Lipinski definition) is 5. The monoisotopic (exact) mass is 315 g/mol. The van der Waals surface area contributed by atoms with Crippen molar-refractivity contribution in [1.29, 1.82) is 0 Å². The van der Waals surface area contributed by atoms with E-state index in [4.69, 9.17) is 9.47 Å². The molecular formula is C17H21N3O3. The van der Waals surface area contributed by atoms with Crippen LogP contribution in [0, 0.1) is 0 Å². The normalized spacial score (nSPS) is 12.3. The first kappa shape index (κ1) is 16.9. The molecule has 0 bridgehead atoms. The number of ketones is 1. The fraction of sp³-hybridized carbons (Fsp3) is 0.353. The van der Waals surface area contributed by atoms with E-state index in [2.05, 4.69) is 10.1 Å². The summed E-state index contributed by atoms with van der Waals surface area (Å²) in [6.45, 7) is 5.80. The molecule has 122 valence electrons. The number of rotatable bonds is 7. The first-order valence-corrected chi connectivity index (χ1v) is 7.37. The zero-order chi connectivity index (χ0) is 16.9. The summed E-state index contributed by atoms with van der Waals surface area (Å²) < 4.78 is 12.2. The molecule has 23 heavy (non-hydrogen) atoms. The third kappa shape index (κ3) is 4.04. The quantitative estimate of drug-likeness (QED) is 0.735. The number of hydrogen-bond donors (Lipinski definition) is 0. The second-order valence-corrected chi connectivity index (χ2v) is 5.42. The van der Waals surface area contributed by atoms with Gasteiger partial charge in [0, 0.05) is 6.61 Å². The van der Waals surface area contributed by atoms with Gasteiger partial charge >= 0.3 is 0 Å². The minimum atomic E-state index is -0.945. The van der Waals surface area contributed by atoms with Gasteiger partial charge < -0.3 is 9.47 Å². The molecule has 1 aromatic heterocycles. The number of carbonyl (C=O) groups excluding carboxylic acids is 1. The molecule has 1 heterocycles. The number of aromatic nitrogens is 3. The first-order chi connectivity index (χ1) is 11.0. The number of carbonyl (C=O) groups is 1. The average Bonchev–Trinajstić information content (AvgIpc) is 3.06. The van der Waals surface area contributed by atoms with Crippen molar-refractivity contribution < 1.29 is 14.3 Å². The molecule has 0 aliphatic rings. The highest BCUT2D eigenvalue weighted by molar-refractivity contribution is 6.23. The summed E-state index contributed by atoms with van der Waals surface area (Å²) in [6.07, 6.45) is 4.65. The van der Waals surface area contributed by atoms with Gasteiger partial charge in [-0.1, -0.05) is 12.1 Å². The van der Waals surface area contributed by atoms with E-state index in [0.29, 0.717) is 12.3 Å². The Hall–Kier alpha value is -2.47. The van der Waals surface area contributed by atoms with Crippen molar-refractivity contribution >= 4 is 17.6 Å². The molecule has 0 spiro atoms. The molecule has 0 amide bonds. The summed E-state index contributed by atoms with van der Waals surface area (Å²) >= 11 is 0. The van der Waals surface area contributed by atoms with E-state index in [1.54, 1.807) is 27.0 Å². The van der Waals surface area contributed by atoms with Crippen LogP contribution in [-0.4, -0.2) is 39.9 Å². The van der Waals surface area contributed by atoms with Crippen LogP contribution in [0.3, 0.4) is 0 Å². The lowest BCUT2D eigenvalue weighted by atomic mass is 9.99. The van der Waals surface area contributed by atoms with E-state index in [1.807, 2.05) is 31.2 Å². The Morgan fingerprint density at radius 2 is 2.00 bits per heavy atom. The summed E-state index contributed by atoms with van der Waals surface area (Å²) in [7, 11) is 1.61. The van der Waals surface area contributed by atoms with E-state index in [1.165, 1.54) is 17.3 Å². The van der Waals surface area contributed by atoms with Crippen LogP contribution in [-0.2, 0) is 9.53 Å². The predicted molar refractivity (Wildman–Crippen MR) is 87.9 cm³/mol. The summed E-state index contributed by atoms with van der Waals surface area (Å²) in [5, 5.41) is 4.08. The molecule has 1 aromatic carbocycles. The second-order valence-electron chi connectivity index (χ2n) is 5.42. The molecule has 0 fully saturated rings. The van der Waals surface area contributed by atoms with Crippen LogP contribution in [0.4, 0.5) is 0 Å². The van der Waals surface area contributed by atoms with Gasteiger partial charge in [-0.05, 0) is 44.5 Å². The Bertz CT molecular complexity index is 674. The Labute approximate surface area is 135 Å². The van der Waals surface area contributed by atoms with Gasteiger partial charge in [-0.25, -0.2) is 9.67 Å². The third-order valence-electron chi connectivity index (χ3n) is 3.37. The topological polar surface area (TPSA) is 66.2 Å². The summed E-state index contributed by atoms with van der Waals surface area (Å²) in [6, 6.07) is 7.42. The van der Waals surface area contributed by atoms with Gasteiger partial charge in [-0.3, -0.25) is 4.79 Å². The van der Waals surface area contributed by atoms with E-state index >= 15 is 0 Å². The average molecular weight is 315 g/mol. The molecule has 0 unspecified atom stereocenters. The van der Waals surface area contributed by atoms with E-state index in [9.17, 15) is 4.79 Å². The Kier molecular flexibility index (Phi) is 5.28. The molecule has 0 N–H and O–H groups in total. The van der Waals surface area contributed by atoms with Crippen molar-refractivity contribution in [2.45, 2.75) is 26.4 Å². The van der Waals surface area contributed by atoms with Crippen LogP contribution in [0.1, 0.15) is 26.3 Å². The molecule has 0 saturated carbocycles. The number of nitrogens with zero attached hydrogens (tertiary/aromatic N) is 3. The maximum Gasteiger partial charge on any atom is 0.212 e. The Morgan fingerprint density at radius 1 is 1.30 bits per heavy atom. The van der Waals surface area contributed by atoms with Crippen LogP contribution in [0.25, 0.3) is 11.8 Å². The van der Waals surface area contributed by atoms with Gasteiger partial charge in [0.15, 0.2) is 0 Å². The Morgan fingerprint density at radius 3 is 2.52 bits per heavy atom. The van der Waals surface area contributed by atoms with Gasteiger partial charge in [0.05, 0.1) is 7.11 Å². The van der Waals surface area contributed by atoms with Crippen LogP contribution in [0.2, 0.25) is 0 Å². The largest absolute Gasteiger partial charge is 0.497 e. The Balaban J connectivity index is 2.42. The van der Waals surface area contributed by atoms with Crippen molar-refractivity contribution in [2.24, 2.45) is 0 Å². The lowest BCUT2D eigenvalue weighted by Gasteiger charge is -2.24. The van der Waals surface area contributed by atoms with Crippen molar-refractivity contribution in [2.75, 3.05) is 13.7 Å². The zero-order valence-corrected chi connectivity index (χ0v) is 13.8. The molecule has 0 aliphatic carbocycles. The van der Waals surface area contributed by atoms with E-state index in [-0.39, 0.29) is 5.78 Å². The highest BCUT2D eigenvalue weighted by atomic mass is 16.5. The molecule has 0 saturated heterocycles. The van der Waals surface area contributed by atoms with Gasteiger partial charge in [0.25, 0.3) is 0 Å². The predicted octanol–water partition coefficient (Wildman–Crippen LogP) is 2.67.